The van der Waals surface area contributed by atoms with Crippen molar-refractivity contribution < 1.29 is 0 Å². The summed E-state index contributed by atoms with van der Waals surface area (Å²) in [6.45, 7) is 9.37. The standard InChI is InChI=1S/C15H17BrCl2N2/c1-5-19-14-9(15(2,3)4)6-8-7-10(16)11(17)12(18)13(8)20-14/h6-7H,5H2,1-4H3,(H,19,20). The lowest BCUT2D eigenvalue weighted by atomic mass is 9.86. The van der Waals surface area contributed by atoms with Crippen molar-refractivity contribution in [2.45, 2.75) is 33.1 Å². The molecule has 0 aliphatic carbocycles. The van der Waals surface area contributed by atoms with Crippen molar-refractivity contribution in [3.63, 3.8) is 0 Å². The van der Waals surface area contributed by atoms with Gasteiger partial charge < -0.3 is 5.32 Å². The van der Waals surface area contributed by atoms with E-state index < -0.39 is 0 Å². The minimum Gasteiger partial charge on any atom is -0.370 e. The quantitative estimate of drug-likeness (QED) is 0.647. The molecule has 1 heterocycles. The third-order valence-electron chi connectivity index (χ3n) is 3.10. The summed E-state index contributed by atoms with van der Waals surface area (Å²) < 4.78 is 0.787. The summed E-state index contributed by atoms with van der Waals surface area (Å²) in [4.78, 5) is 4.68. The third-order valence-corrected chi connectivity index (χ3v) is 4.81. The molecule has 1 N–H and O–H groups in total. The van der Waals surface area contributed by atoms with Gasteiger partial charge >= 0.3 is 0 Å². The molecule has 0 saturated carbocycles. The first-order chi connectivity index (χ1) is 9.25. The van der Waals surface area contributed by atoms with E-state index in [0.29, 0.717) is 10.0 Å². The summed E-state index contributed by atoms with van der Waals surface area (Å²) in [5, 5.41) is 5.28. The zero-order valence-electron chi connectivity index (χ0n) is 11.9. The van der Waals surface area contributed by atoms with Gasteiger partial charge in [-0.1, -0.05) is 44.0 Å². The molecule has 0 aliphatic heterocycles. The zero-order valence-corrected chi connectivity index (χ0v) is 15.0. The molecule has 20 heavy (non-hydrogen) atoms. The number of fused-ring (bicyclic) bond motifs is 1. The Morgan fingerprint density at radius 2 is 1.85 bits per heavy atom. The summed E-state index contributed by atoms with van der Waals surface area (Å²) in [6, 6.07) is 4.09. The highest BCUT2D eigenvalue weighted by molar-refractivity contribution is 9.10. The number of pyridine rings is 1. The molecule has 0 radical (unpaired) electrons. The van der Waals surface area contributed by atoms with Crippen LogP contribution in [0, 0.1) is 0 Å². The van der Waals surface area contributed by atoms with Gasteiger partial charge in [0.25, 0.3) is 0 Å². The molecule has 0 fully saturated rings. The first-order valence-electron chi connectivity index (χ1n) is 6.48. The Morgan fingerprint density at radius 3 is 2.40 bits per heavy atom. The van der Waals surface area contributed by atoms with Crippen LogP contribution in [0.4, 0.5) is 5.82 Å². The number of rotatable bonds is 2. The smallest absolute Gasteiger partial charge is 0.130 e. The van der Waals surface area contributed by atoms with Crippen LogP contribution in [0.15, 0.2) is 16.6 Å². The topological polar surface area (TPSA) is 24.9 Å². The molecule has 108 valence electrons. The summed E-state index contributed by atoms with van der Waals surface area (Å²) in [6.07, 6.45) is 0. The van der Waals surface area contributed by atoms with Gasteiger partial charge in [-0.15, -0.1) is 0 Å². The Kier molecular flexibility index (Phi) is 4.53. The molecule has 1 aromatic heterocycles. The van der Waals surface area contributed by atoms with Crippen LogP contribution in [0.25, 0.3) is 10.9 Å². The highest BCUT2D eigenvalue weighted by atomic mass is 79.9. The van der Waals surface area contributed by atoms with E-state index in [9.17, 15) is 0 Å². The van der Waals surface area contributed by atoms with Crippen LogP contribution < -0.4 is 5.32 Å². The van der Waals surface area contributed by atoms with Gasteiger partial charge in [0.1, 0.15) is 5.82 Å². The van der Waals surface area contributed by atoms with Crippen molar-refractivity contribution >= 4 is 55.9 Å². The van der Waals surface area contributed by atoms with Gasteiger partial charge in [-0.2, -0.15) is 0 Å². The van der Waals surface area contributed by atoms with Crippen molar-refractivity contribution in [1.29, 1.82) is 0 Å². The minimum atomic E-state index is -0.00270. The predicted molar refractivity (Wildman–Crippen MR) is 92.3 cm³/mol. The van der Waals surface area contributed by atoms with Crippen LogP contribution in [0.3, 0.4) is 0 Å². The number of aromatic nitrogens is 1. The van der Waals surface area contributed by atoms with Crippen LogP contribution in [-0.2, 0) is 5.41 Å². The second-order valence-electron chi connectivity index (χ2n) is 5.72. The van der Waals surface area contributed by atoms with Crippen molar-refractivity contribution in [3.05, 3.63) is 32.2 Å². The lowest BCUT2D eigenvalue weighted by Gasteiger charge is -2.23. The van der Waals surface area contributed by atoms with E-state index in [1.165, 1.54) is 0 Å². The molecule has 0 aliphatic rings. The third kappa shape index (κ3) is 2.90. The second kappa shape index (κ2) is 5.70. The van der Waals surface area contributed by atoms with Crippen LogP contribution in [0.2, 0.25) is 10.0 Å². The largest absolute Gasteiger partial charge is 0.370 e. The van der Waals surface area contributed by atoms with Gasteiger partial charge in [0, 0.05) is 22.0 Å². The molecule has 0 amide bonds. The maximum absolute atomic E-state index is 6.32. The number of hydrogen-bond acceptors (Lipinski definition) is 2. The maximum atomic E-state index is 6.32. The minimum absolute atomic E-state index is 0.00270. The molecule has 0 bridgehead atoms. The van der Waals surface area contributed by atoms with E-state index in [4.69, 9.17) is 23.2 Å². The molecule has 2 aromatic rings. The fraction of sp³-hybridized carbons (Fsp3) is 0.400. The lowest BCUT2D eigenvalue weighted by Crippen LogP contribution is -2.16. The summed E-state index contributed by atoms with van der Waals surface area (Å²) in [7, 11) is 0. The molecule has 2 nitrogen and oxygen atoms in total. The fourth-order valence-corrected chi connectivity index (χ4v) is 3.05. The molecule has 5 heteroatoms. The predicted octanol–water partition coefficient (Wildman–Crippen LogP) is 6.03. The molecule has 0 saturated heterocycles. The Morgan fingerprint density at radius 1 is 1.20 bits per heavy atom. The molecular weight excluding hydrogens is 359 g/mol. The number of halogens is 3. The molecule has 0 unspecified atom stereocenters. The van der Waals surface area contributed by atoms with Crippen molar-refractivity contribution in [2.75, 3.05) is 11.9 Å². The van der Waals surface area contributed by atoms with Crippen LogP contribution >= 0.6 is 39.1 Å². The monoisotopic (exact) mass is 374 g/mol. The van der Waals surface area contributed by atoms with Crippen LogP contribution in [0.5, 0.6) is 0 Å². The zero-order chi connectivity index (χ0) is 15.1. The van der Waals surface area contributed by atoms with Gasteiger partial charge in [-0.3, -0.25) is 0 Å². The Bertz CT molecular complexity index is 663. The van der Waals surface area contributed by atoms with E-state index in [1.807, 2.05) is 6.07 Å². The molecule has 2 rings (SSSR count). The van der Waals surface area contributed by atoms with E-state index >= 15 is 0 Å². The van der Waals surface area contributed by atoms with Crippen LogP contribution in [-0.4, -0.2) is 11.5 Å². The van der Waals surface area contributed by atoms with Gasteiger partial charge in [0.2, 0.25) is 0 Å². The Hall–Kier alpha value is -0.510. The van der Waals surface area contributed by atoms with E-state index in [0.717, 1.165) is 33.3 Å². The van der Waals surface area contributed by atoms with Crippen molar-refractivity contribution in [2.24, 2.45) is 0 Å². The molecule has 1 aromatic carbocycles. The van der Waals surface area contributed by atoms with Crippen molar-refractivity contribution in [3.8, 4) is 0 Å². The first kappa shape index (κ1) is 15.9. The van der Waals surface area contributed by atoms with Crippen LogP contribution in [0.1, 0.15) is 33.3 Å². The second-order valence-corrected chi connectivity index (χ2v) is 7.33. The molecule has 0 spiro atoms. The fourth-order valence-electron chi connectivity index (χ4n) is 2.10. The van der Waals surface area contributed by atoms with Gasteiger partial charge in [0.15, 0.2) is 0 Å². The number of benzene rings is 1. The SMILES string of the molecule is CCNc1nc2c(Cl)c(Cl)c(Br)cc2cc1C(C)(C)C. The van der Waals surface area contributed by atoms with E-state index in [-0.39, 0.29) is 5.41 Å². The lowest BCUT2D eigenvalue weighted by molar-refractivity contribution is 0.590. The number of nitrogens with one attached hydrogen (secondary N) is 1. The highest BCUT2D eigenvalue weighted by Gasteiger charge is 2.21. The molecule has 0 atom stereocenters. The van der Waals surface area contributed by atoms with Gasteiger partial charge in [-0.25, -0.2) is 4.98 Å². The average Bonchev–Trinajstić information content (AvgIpc) is 2.35. The average molecular weight is 376 g/mol. The highest BCUT2D eigenvalue weighted by Crippen LogP contribution is 2.39. The number of anilines is 1. The maximum Gasteiger partial charge on any atom is 0.130 e. The van der Waals surface area contributed by atoms with E-state index in [2.05, 4.69) is 60.0 Å². The Labute approximate surface area is 138 Å². The summed E-state index contributed by atoms with van der Waals surface area (Å²) in [5.74, 6) is 0.868. The molecular formula is C15H17BrCl2N2. The van der Waals surface area contributed by atoms with E-state index in [1.54, 1.807) is 0 Å². The Balaban J connectivity index is 2.82. The van der Waals surface area contributed by atoms with Gasteiger partial charge in [0.05, 0.1) is 15.6 Å². The first-order valence-corrected chi connectivity index (χ1v) is 8.03. The summed E-state index contributed by atoms with van der Waals surface area (Å²) in [5.41, 5.74) is 1.89. The number of nitrogens with zero attached hydrogens (tertiary/aromatic N) is 1. The number of hydrogen-bond donors (Lipinski definition) is 1. The van der Waals surface area contributed by atoms with Crippen molar-refractivity contribution in [1.82, 2.24) is 4.98 Å². The summed E-state index contributed by atoms with van der Waals surface area (Å²) >= 11 is 15.9. The normalized spacial score (nSPS) is 11.9. The van der Waals surface area contributed by atoms with Gasteiger partial charge in [-0.05, 0) is 40.4 Å².